The van der Waals surface area contributed by atoms with Crippen LogP contribution in [0.1, 0.15) is 86.3 Å². The number of esters is 3. The van der Waals surface area contributed by atoms with Crippen LogP contribution >= 0.6 is 0 Å². The highest BCUT2D eigenvalue weighted by Crippen LogP contribution is 2.58. The number of carbonyl (C=O) groups is 3. The molecule has 2 N–H and O–H groups in total. The molecule has 12 heteroatoms. The van der Waals surface area contributed by atoms with Gasteiger partial charge < -0.3 is 43.4 Å². The van der Waals surface area contributed by atoms with Gasteiger partial charge in [-0.05, 0) is 79.9 Å². The molecule has 6 atom stereocenters. The molecular weight excluding hydrogens is 648 g/mol. The van der Waals surface area contributed by atoms with Crippen molar-refractivity contribution >= 4 is 17.9 Å². The first-order valence-electron chi connectivity index (χ1n) is 16.9. The van der Waals surface area contributed by atoms with Crippen LogP contribution in [0.15, 0.2) is 60.7 Å². The Morgan fingerprint density at radius 2 is 1.16 bits per heavy atom. The van der Waals surface area contributed by atoms with Crippen LogP contribution in [0.3, 0.4) is 0 Å². The summed E-state index contributed by atoms with van der Waals surface area (Å²) in [5, 5.41) is 23.0. The number of carbonyl (C=O) groups excluding carboxylic acids is 3. The maximum atomic E-state index is 14.9. The second-order valence-corrected chi connectivity index (χ2v) is 15.7. The maximum Gasteiger partial charge on any atom is 0.346 e. The number of hydrogen-bond donors (Lipinski definition) is 2. The SMILES string of the molecule is CC(C)(C)OC(=O)[C@H]1O[C@@]2(CCCO)O[C@](C(=O)OC(C)(C)C)([C@H](OCc3ccccc3)[C@H]2OCc2ccccc2)[C@]1(O)C(=O)OC(C)(C)C. The smallest absolute Gasteiger partial charge is 0.346 e. The summed E-state index contributed by atoms with van der Waals surface area (Å²) in [7, 11) is 0. The zero-order valence-corrected chi connectivity index (χ0v) is 30.5. The molecule has 0 radical (unpaired) electrons. The van der Waals surface area contributed by atoms with Gasteiger partial charge >= 0.3 is 17.9 Å². The summed E-state index contributed by atoms with van der Waals surface area (Å²) in [6.45, 7) is 13.8. The van der Waals surface area contributed by atoms with Crippen molar-refractivity contribution in [3.8, 4) is 0 Å². The van der Waals surface area contributed by atoms with Gasteiger partial charge in [-0.3, -0.25) is 0 Å². The molecule has 2 saturated heterocycles. The molecule has 12 nitrogen and oxygen atoms in total. The third-order valence-corrected chi connectivity index (χ3v) is 7.97. The van der Waals surface area contributed by atoms with Crippen molar-refractivity contribution in [3.63, 3.8) is 0 Å². The molecule has 4 rings (SSSR count). The minimum atomic E-state index is -3.25. The molecule has 0 spiro atoms. The van der Waals surface area contributed by atoms with Crippen molar-refractivity contribution in [3.05, 3.63) is 71.8 Å². The van der Waals surface area contributed by atoms with E-state index in [2.05, 4.69) is 0 Å². The van der Waals surface area contributed by atoms with Gasteiger partial charge in [0.25, 0.3) is 0 Å². The lowest BCUT2D eigenvalue weighted by Crippen LogP contribution is -2.79. The Hall–Kier alpha value is -3.39. The molecule has 2 heterocycles. The van der Waals surface area contributed by atoms with Crippen molar-refractivity contribution in [2.24, 2.45) is 0 Å². The van der Waals surface area contributed by atoms with Crippen LogP contribution in [0.2, 0.25) is 0 Å². The number of ether oxygens (including phenoxy) is 7. The first-order chi connectivity index (χ1) is 23.2. The highest BCUT2D eigenvalue weighted by atomic mass is 16.8. The summed E-state index contributed by atoms with van der Waals surface area (Å²) in [6.07, 6.45) is -5.34. The Morgan fingerprint density at radius 3 is 1.62 bits per heavy atom. The minimum Gasteiger partial charge on any atom is -0.458 e. The van der Waals surface area contributed by atoms with E-state index >= 15 is 0 Å². The molecule has 2 aliphatic heterocycles. The van der Waals surface area contributed by atoms with E-state index in [9.17, 15) is 24.6 Å². The van der Waals surface area contributed by atoms with Crippen LogP contribution in [-0.2, 0) is 60.8 Å². The number of rotatable bonds is 12. The average Bonchev–Trinajstić information content (AvgIpc) is 3.25. The molecule has 50 heavy (non-hydrogen) atoms. The van der Waals surface area contributed by atoms with E-state index in [0.29, 0.717) is 5.56 Å². The van der Waals surface area contributed by atoms with E-state index in [1.807, 2.05) is 36.4 Å². The third kappa shape index (κ3) is 8.38. The molecular formula is C38H52O12. The molecule has 0 saturated carbocycles. The van der Waals surface area contributed by atoms with Crippen LogP contribution in [0.5, 0.6) is 0 Å². The third-order valence-electron chi connectivity index (χ3n) is 7.97. The van der Waals surface area contributed by atoms with Crippen LogP contribution in [0, 0.1) is 0 Å². The van der Waals surface area contributed by atoms with Crippen molar-refractivity contribution in [1.29, 1.82) is 0 Å². The molecule has 276 valence electrons. The topological polar surface area (TPSA) is 156 Å². The second-order valence-electron chi connectivity index (χ2n) is 15.7. The molecule has 0 aromatic heterocycles. The van der Waals surface area contributed by atoms with E-state index in [-0.39, 0.29) is 32.7 Å². The lowest BCUT2D eigenvalue weighted by Gasteiger charge is -2.51. The van der Waals surface area contributed by atoms with Gasteiger partial charge in [0.15, 0.2) is 5.79 Å². The molecule has 2 fully saturated rings. The lowest BCUT2D eigenvalue weighted by molar-refractivity contribution is -0.381. The van der Waals surface area contributed by atoms with Crippen LogP contribution in [-0.4, -0.2) is 86.8 Å². The van der Waals surface area contributed by atoms with Gasteiger partial charge in [0.1, 0.15) is 29.0 Å². The first kappa shape index (κ1) is 39.4. The molecule has 2 aliphatic rings. The average molecular weight is 701 g/mol. The van der Waals surface area contributed by atoms with Gasteiger partial charge in [-0.25, -0.2) is 14.4 Å². The van der Waals surface area contributed by atoms with Crippen molar-refractivity contribution in [2.45, 2.75) is 140 Å². The zero-order chi connectivity index (χ0) is 37.2. The van der Waals surface area contributed by atoms with E-state index in [1.165, 1.54) is 0 Å². The number of fused-ring (bicyclic) bond motifs is 2. The van der Waals surface area contributed by atoms with Crippen molar-refractivity contribution in [2.75, 3.05) is 6.61 Å². The predicted molar refractivity (Wildman–Crippen MR) is 180 cm³/mol. The van der Waals surface area contributed by atoms with Crippen LogP contribution in [0.25, 0.3) is 0 Å². The Morgan fingerprint density at radius 1 is 0.700 bits per heavy atom. The normalized spacial score (nSPS) is 28.2. The van der Waals surface area contributed by atoms with E-state index < -0.39 is 70.0 Å². The van der Waals surface area contributed by atoms with Crippen LogP contribution < -0.4 is 0 Å². The van der Waals surface area contributed by atoms with E-state index in [0.717, 1.165) is 5.56 Å². The summed E-state index contributed by atoms with van der Waals surface area (Å²) < 4.78 is 43.5. The van der Waals surface area contributed by atoms with E-state index in [4.69, 9.17) is 33.2 Å². The van der Waals surface area contributed by atoms with Crippen LogP contribution in [0.4, 0.5) is 0 Å². The number of aliphatic hydroxyl groups excluding tert-OH is 1. The highest BCUT2D eigenvalue weighted by molar-refractivity contribution is 5.99. The minimum absolute atomic E-state index is 0.0450. The van der Waals surface area contributed by atoms with Gasteiger partial charge in [0.2, 0.25) is 17.3 Å². The number of hydrogen-bond acceptors (Lipinski definition) is 12. The summed E-state index contributed by atoms with van der Waals surface area (Å²) >= 11 is 0. The van der Waals surface area contributed by atoms with Gasteiger partial charge in [-0.2, -0.15) is 0 Å². The summed E-state index contributed by atoms with van der Waals surface area (Å²) in [5.41, 5.74) is -8.15. The Bertz CT molecular complexity index is 1480. The quantitative estimate of drug-likeness (QED) is 0.236. The van der Waals surface area contributed by atoms with Gasteiger partial charge in [-0.1, -0.05) is 60.7 Å². The van der Waals surface area contributed by atoms with E-state index in [1.54, 1.807) is 86.6 Å². The largest absolute Gasteiger partial charge is 0.458 e. The molecule has 0 unspecified atom stereocenters. The van der Waals surface area contributed by atoms with Crippen molar-refractivity contribution in [1.82, 2.24) is 0 Å². The molecule has 0 aliphatic carbocycles. The monoisotopic (exact) mass is 700 g/mol. The van der Waals surface area contributed by atoms with Gasteiger partial charge in [0.05, 0.1) is 13.2 Å². The summed E-state index contributed by atoms with van der Waals surface area (Å²) in [4.78, 5) is 43.6. The number of benzene rings is 2. The fraction of sp³-hybridized carbons (Fsp3) is 0.605. The standard InChI is InChI=1S/C38H52O12/c1-33(2,3)47-30(40)29-37(43,31(41)48-34(4,5)6)38(32(42)49-35(7,8)9)28(45-24-26-19-14-11-15-20-26)27(36(46-29,50-38)21-16-22-39)44-23-25-17-12-10-13-18-25/h10-15,17-20,27-29,39,43H,16,21-24H2,1-9H3/t27-,28-,29-,36+,37-,38+/m1/s1. The number of aliphatic hydroxyl groups is 2. The lowest BCUT2D eigenvalue weighted by atomic mass is 9.74. The maximum absolute atomic E-state index is 14.9. The Labute approximate surface area is 294 Å². The second kappa shape index (κ2) is 14.7. The molecule has 0 amide bonds. The highest BCUT2D eigenvalue weighted by Gasteiger charge is 2.86. The molecule has 2 aromatic rings. The van der Waals surface area contributed by atoms with Gasteiger partial charge in [-0.15, -0.1) is 0 Å². The summed E-state index contributed by atoms with van der Waals surface area (Å²) in [5.74, 6) is -5.83. The molecule has 2 aromatic carbocycles. The predicted octanol–water partition coefficient (Wildman–Crippen LogP) is 4.55. The zero-order valence-electron chi connectivity index (χ0n) is 30.5. The Balaban J connectivity index is 2.05. The van der Waals surface area contributed by atoms with Gasteiger partial charge in [0, 0.05) is 13.0 Å². The summed E-state index contributed by atoms with van der Waals surface area (Å²) in [6, 6.07) is 18.2. The Kier molecular flexibility index (Phi) is 11.6. The van der Waals surface area contributed by atoms with Crippen molar-refractivity contribution < 1.29 is 57.8 Å². The molecule has 2 bridgehead atoms. The fourth-order valence-corrected chi connectivity index (χ4v) is 6.07. The first-order valence-corrected chi connectivity index (χ1v) is 16.9. The fourth-order valence-electron chi connectivity index (χ4n) is 6.07.